The molecule has 3 heteroatoms. The van der Waals surface area contributed by atoms with Crippen LogP contribution in [0.3, 0.4) is 0 Å². The van der Waals surface area contributed by atoms with Crippen LogP contribution in [0.15, 0.2) is 30.4 Å². The minimum atomic E-state index is 0.682. The lowest BCUT2D eigenvalue weighted by molar-refractivity contribution is 0.317. The summed E-state index contributed by atoms with van der Waals surface area (Å²) in [6.45, 7) is 3.80. The second kappa shape index (κ2) is 7.44. The monoisotopic (exact) mass is 279 g/mol. The predicted molar refractivity (Wildman–Crippen MR) is 82.2 cm³/mol. The van der Waals surface area contributed by atoms with Crippen molar-refractivity contribution in [3.8, 4) is 5.75 Å². The van der Waals surface area contributed by atoms with Gasteiger partial charge in [0.1, 0.15) is 5.75 Å². The van der Waals surface area contributed by atoms with Crippen LogP contribution in [-0.2, 0) is 0 Å². The van der Waals surface area contributed by atoms with Crippen molar-refractivity contribution in [2.75, 3.05) is 18.5 Å². The van der Waals surface area contributed by atoms with Gasteiger partial charge in [-0.05, 0) is 49.8 Å². The quantitative estimate of drug-likeness (QED) is 0.748. The molecule has 1 aromatic carbocycles. The Hall–Kier alpha value is -1.15. The molecule has 1 aromatic rings. The van der Waals surface area contributed by atoms with Gasteiger partial charge in [-0.2, -0.15) is 0 Å². The van der Waals surface area contributed by atoms with Crippen LogP contribution >= 0.6 is 11.6 Å². The van der Waals surface area contributed by atoms with Gasteiger partial charge in [0.2, 0.25) is 0 Å². The smallest absolute Gasteiger partial charge is 0.138 e. The van der Waals surface area contributed by atoms with Crippen molar-refractivity contribution in [1.29, 1.82) is 0 Å². The van der Waals surface area contributed by atoms with Crippen LogP contribution in [0.4, 0.5) is 5.69 Å². The number of halogens is 1. The zero-order valence-corrected chi connectivity index (χ0v) is 12.2. The first-order valence-electron chi connectivity index (χ1n) is 7.11. The van der Waals surface area contributed by atoms with Gasteiger partial charge >= 0.3 is 0 Å². The maximum Gasteiger partial charge on any atom is 0.138 e. The molecule has 104 valence electrons. The molecule has 0 amide bonds. The summed E-state index contributed by atoms with van der Waals surface area (Å²) in [6.07, 6.45) is 9.20. The second-order valence-electron chi connectivity index (χ2n) is 5.03. The lowest BCUT2D eigenvalue weighted by Gasteiger charge is -2.19. The fourth-order valence-electron chi connectivity index (χ4n) is 2.24. The van der Waals surface area contributed by atoms with Crippen LogP contribution in [0, 0.1) is 5.92 Å². The first kappa shape index (κ1) is 14.3. The average Bonchev–Trinajstić information content (AvgIpc) is 2.45. The van der Waals surface area contributed by atoms with Crippen molar-refractivity contribution >= 4 is 17.3 Å². The summed E-state index contributed by atoms with van der Waals surface area (Å²) < 4.78 is 5.57. The van der Waals surface area contributed by atoms with Crippen LogP contribution in [0.2, 0.25) is 5.02 Å². The summed E-state index contributed by atoms with van der Waals surface area (Å²) in [5.74, 6) is 1.51. The first-order valence-corrected chi connectivity index (χ1v) is 7.48. The van der Waals surface area contributed by atoms with Gasteiger partial charge in [0.05, 0.1) is 11.6 Å². The molecule has 2 rings (SSSR count). The third-order valence-corrected chi connectivity index (χ3v) is 3.66. The van der Waals surface area contributed by atoms with Gasteiger partial charge in [0.25, 0.3) is 0 Å². The molecular formula is C16H22ClNO. The van der Waals surface area contributed by atoms with Crippen LogP contribution in [-0.4, -0.2) is 13.2 Å². The van der Waals surface area contributed by atoms with Gasteiger partial charge in [0.15, 0.2) is 0 Å². The molecule has 1 aliphatic rings. The molecule has 0 saturated carbocycles. The second-order valence-corrected chi connectivity index (χ2v) is 5.43. The number of ether oxygens (including phenoxy) is 1. The van der Waals surface area contributed by atoms with Crippen molar-refractivity contribution in [3.63, 3.8) is 0 Å². The maximum absolute atomic E-state index is 6.21. The van der Waals surface area contributed by atoms with Crippen LogP contribution < -0.4 is 10.1 Å². The van der Waals surface area contributed by atoms with Crippen molar-refractivity contribution in [3.05, 3.63) is 35.4 Å². The van der Waals surface area contributed by atoms with Gasteiger partial charge in [-0.25, -0.2) is 0 Å². The van der Waals surface area contributed by atoms with E-state index < -0.39 is 0 Å². The van der Waals surface area contributed by atoms with E-state index in [0.717, 1.165) is 30.3 Å². The van der Waals surface area contributed by atoms with Crippen LogP contribution in [0.5, 0.6) is 5.75 Å². The molecule has 0 heterocycles. The average molecular weight is 280 g/mol. The molecule has 1 N–H and O–H groups in total. The molecule has 0 saturated heterocycles. The zero-order chi connectivity index (χ0) is 13.5. The standard InChI is InChI=1S/C16H22ClNO/c1-2-10-19-16-9-8-14(11-15(16)17)18-12-13-6-4-3-5-7-13/h3-4,8-9,11,13,18H,2,5-7,10,12H2,1H3. The Morgan fingerprint density at radius 3 is 2.95 bits per heavy atom. The van der Waals surface area contributed by atoms with E-state index in [2.05, 4.69) is 24.4 Å². The molecule has 0 aliphatic heterocycles. The van der Waals surface area contributed by atoms with E-state index in [4.69, 9.17) is 16.3 Å². The number of anilines is 1. The molecule has 0 radical (unpaired) electrons. The molecule has 1 aliphatic carbocycles. The van der Waals surface area contributed by atoms with Gasteiger partial charge in [-0.3, -0.25) is 0 Å². The molecule has 2 nitrogen and oxygen atoms in total. The maximum atomic E-state index is 6.21. The Morgan fingerprint density at radius 2 is 2.26 bits per heavy atom. The van der Waals surface area contributed by atoms with Gasteiger partial charge in [-0.15, -0.1) is 0 Å². The molecule has 0 aromatic heterocycles. The van der Waals surface area contributed by atoms with Gasteiger partial charge in [0, 0.05) is 12.2 Å². The van der Waals surface area contributed by atoms with Gasteiger partial charge < -0.3 is 10.1 Å². The normalized spacial score (nSPS) is 18.3. The SMILES string of the molecule is CCCOc1ccc(NCC2CC=CCC2)cc1Cl. The predicted octanol–water partition coefficient (Wildman–Crippen LogP) is 4.90. The van der Waals surface area contributed by atoms with E-state index in [1.165, 1.54) is 19.3 Å². The van der Waals surface area contributed by atoms with E-state index in [1.54, 1.807) is 0 Å². The molecule has 19 heavy (non-hydrogen) atoms. The Labute approximate surface area is 120 Å². The van der Waals surface area contributed by atoms with Crippen molar-refractivity contribution in [2.45, 2.75) is 32.6 Å². The summed E-state index contributed by atoms with van der Waals surface area (Å²) in [5.41, 5.74) is 1.07. The molecule has 0 spiro atoms. The van der Waals surface area contributed by atoms with Crippen LogP contribution in [0.25, 0.3) is 0 Å². The number of allylic oxidation sites excluding steroid dienone is 2. The molecule has 1 unspecified atom stereocenters. The largest absolute Gasteiger partial charge is 0.492 e. The first-order chi connectivity index (χ1) is 9.29. The third-order valence-electron chi connectivity index (χ3n) is 3.37. The van der Waals surface area contributed by atoms with Crippen LogP contribution in [0.1, 0.15) is 32.6 Å². The number of hydrogen-bond donors (Lipinski definition) is 1. The Balaban J connectivity index is 1.86. The number of rotatable bonds is 6. The van der Waals surface area contributed by atoms with Crippen molar-refractivity contribution < 1.29 is 4.74 Å². The highest BCUT2D eigenvalue weighted by atomic mass is 35.5. The summed E-state index contributed by atoms with van der Waals surface area (Å²) >= 11 is 6.21. The molecule has 0 bridgehead atoms. The van der Waals surface area contributed by atoms with E-state index >= 15 is 0 Å². The van der Waals surface area contributed by atoms with Crippen molar-refractivity contribution in [1.82, 2.24) is 0 Å². The summed E-state index contributed by atoms with van der Waals surface area (Å²) in [5, 5.41) is 4.15. The fraction of sp³-hybridized carbons (Fsp3) is 0.500. The lowest BCUT2D eigenvalue weighted by Crippen LogP contribution is -2.15. The highest BCUT2D eigenvalue weighted by Gasteiger charge is 2.10. The van der Waals surface area contributed by atoms with Gasteiger partial charge in [-0.1, -0.05) is 30.7 Å². The Morgan fingerprint density at radius 1 is 1.37 bits per heavy atom. The number of benzene rings is 1. The van der Waals surface area contributed by atoms with E-state index in [1.807, 2.05) is 18.2 Å². The Bertz CT molecular complexity index is 431. The minimum Gasteiger partial charge on any atom is -0.492 e. The minimum absolute atomic E-state index is 0.682. The summed E-state index contributed by atoms with van der Waals surface area (Å²) in [4.78, 5) is 0. The van der Waals surface area contributed by atoms with Crippen molar-refractivity contribution in [2.24, 2.45) is 5.92 Å². The van der Waals surface area contributed by atoms with E-state index in [0.29, 0.717) is 11.6 Å². The topological polar surface area (TPSA) is 21.3 Å². The highest BCUT2D eigenvalue weighted by molar-refractivity contribution is 6.32. The Kier molecular flexibility index (Phi) is 5.59. The highest BCUT2D eigenvalue weighted by Crippen LogP contribution is 2.28. The summed E-state index contributed by atoms with van der Waals surface area (Å²) in [7, 11) is 0. The number of nitrogens with one attached hydrogen (secondary N) is 1. The summed E-state index contributed by atoms with van der Waals surface area (Å²) in [6, 6.07) is 5.93. The molecule has 1 atom stereocenters. The fourth-order valence-corrected chi connectivity index (χ4v) is 2.48. The third kappa shape index (κ3) is 4.46. The molecular weight excluding hydrogens is 258 g/mol. The molecule has 0 fully saturated rings. The zero-order valence-electron chi connectivity index (χ0n) is 11.5. The number of hydrogen-bond acceptors (Lipinski definition) is 2. The van der Waals surface area contributed by atoms with E-state index in [-0.39, 0.29) is 0 Å². The van der Waals surface area contributed by atoms with E-state index in [9.17, 15) is 0 Å². The lowest BCUT2D eigenvalue weighted by atomic mass is 9.94.